The molecule has 0 bridgehead atoms. The Bertz CT molecular complexity index is 406. The lowest BCUT2D eigenvalue weighted by Gasteiger charge is -2.26. The minimum absolute atomic E-state index is 0.263. The van der Waals surface area contributed by atoms with Crippen LogP contribution in [0, 0.1) is 6.92 Å². The molecule has 1 aliphatic rings. The molecule has 0 aliphatic carbocycles. The Kier molecular flexibility index (Phi) is 5.23. The third kappa shape index (κ3) is 3.48. The third-order valence-corrected chi connectivity index (χ3v) is 3.99. The molecule has 0 spiro atoms. The van der Waals surface area contributed by atoms with Crippen LogP contribution in [0.25, 0.3) is 0 Å². The Hall–Kier alpha value is -1.06. The predicted molar refractivity (Wildman–Crippen MR) is 80.6 cm³/mol. The van der Waals surface area contributed by atoms with E-state index in [4.69, 9.17) is 0 Å². The number of hydrogen-bond donors (Lipinski definition) is 2. The molecule has 0 aromatic heterocycles. The molecular formula is C16H26N2O. The van der Waals surface area contributed by atoms with E-state index in [1.54, 1.807) is 0 Å². The molecule has 1 atom stereocenters. The third-order valence-electron chi connectivity index (χ3n) is 3.99. The van der Waals surface area contributed by atoms with Gasteiger partial charge in [-0.15, -0.1) is 0 Å². The van der Waals surface area contributed by atoms with Gasteiger partial charge < -0.3 is 15.3 Å². The molecular weight excluding hydrogens is 236 g/mol. The fraction of sp³-hybridized carbons (Fsp3) is 0.625. The van der Waals surface area contributed by atoms with Crippen LogP contribution in [0.3, 0.4) is 0 Å². The Morgan fingerprint density at radius 3 is 2.95 bits per heavy atom. The fourth-order valence-electron chi connectivity index (χ4n) is 2.82. The first-order valence-electron chi connectivity index (χ1n) is 7.44. The summed E-state index contributed by atoms with van der Waals surface area (Å²) in [5, 5.41) is 12.9. The molecule has 3 nitrogen and oxygen atoms in total. The zero-order valence-corrected chi connectivity index (χ0v) is 12.2. The maximum atomic E-state index is 9.41. The minimum Gasteiger partial charge on any atom is -0.394 e. The molecule has 0 saturated carbocycles. The average molecular weight is 262 g/mol. The second kappa shape index (κ2) is 6.92. The number of aliphatic hydroxyl groups excluding tert-OH is 1. The molecule has 1 aliphatic heterocycles. The van der Waals surface area contributed by atoms with Crippen LogP contribution < -0.4 is 10.2 Å². The Balaban J connectivity index is 2.05. The summed E-state index contributed by atoms with van der Waals surface area (Å²) in [7, 11) is 0. The molecule has 1 heterocycles. The van der Waals surface area contributed by atoms with Gasteiger partial charge in [-0.3, -0.25) is 0 Å². The standard InChI is InChI=1S/C16H26N2O/c1-3-8-17-11-14-6-7-15(10-13(14)2)18-9-4-5-16(18)12-19/h6-7,10,16-17,19H,3-5,8-9,11-12H2,1-2H3. The summed E-state index contributed by atoms with van der Waals surface area (Å²) in [5.74, 6) is 0. The summed E-state index contributed by atoms with van der Waals surface area (Å²) in [6.07, 6.45) is 3.46. The van der Waals surface area contributed by atoms with Crippen molar-refractivity contribution in [1.29, 1.82) is 0 Å². The number of benzene rings is 1. The first-order valence-corrected chi connectivity index (χ1v) is 7.44. The van der Waals surface area contributed by atoms with Crippen LogP contribution in [0.2, 0.25) is 0 Å². The second-order valence-electron chi connectivity index (χ2n) is 5.46. The number of nitrogens with one attached hydrogen (secondary N) is 1. The number of rotatable bonds is 6. The average Bonchev–Trinajstić information content (AvgIpc) is 2.89. The van der Waals surface area contributed by atoms with Crippen LogP contribution in [-0.4, -0.2) is 30.8 Å². The number of hydrogen-bond acceptors (Lipinski definition) is 3. The van der Waals surface area contributed by atoms with Gasteiger partial charge in [0, 0.05) is 18.8 Å². The van der Waals surface area contributed by atoms with Gasteiger partial charge in [0.15, 0.2) is 0 Å². The largest absolute Gasteiger partial charge is 0.394 e. The molecule has 1 aromatic rings. The molecule has 106 valence electrons. The molecule has 1 unspecified atom stereocenters. The van der Waals surface area contributed by atoms with Crippen molar-refractivity contribution in [2.24, 2.45) is 0 Å². The van der Waals surface area contributed by atoms with Gasteiger partial charge >= 0.3 is 0 Å². The van der Waals surface area contributed by atoms with E-state index in [0.29, 0.717) is 6.04 Å². The van der Waals surface area contributed by atoms with Gasteiger partial charge in [0.2, 0.25) is 0 Å². The van der Waals surface area contributed by atoms with E-state index in [9.17, 15) is 5.11 Å². The van der Waals surface area contributed by atoms with E-state index >= 15 is 0 Å². The van der Waals surface area contributed by atoms with Gasteiger partial charge in [0.1, 0.15) is 0 Å². The highest BCUT2D eigenvalue weighted by Gasteiger charge is 2.23. The summed E-state index contributed by atoms with van der Waals surface area (Å²) in [5.41, 5.74) is 3.97. The highest BCUT2D eigenvalue weighted by atomic mass is 16.3. The molecule has 1 aromatic carbocycles. The molecule has 2 N–H and O–H groups in total. The van der Waals surface area contributed by atoms with E-state index in [1.807, 2.05) is 0 Å². The SMILES string of the molecule is CCCNCc1ccc(N2CCCC2CO)cc1C. The second-order valence-corrected chi connectivity index (χ2v) is 5.46. The van der Waals surface area contributed by atoms with Gasteiger partial charge in [0.05, 0.1) is 12.6 Å². The van der Waals surface area contributed by atoms with Crippen molar-refractivity contribution >= 4 is 5.69 Å². The number of anilines is 1. The van der Waals surface area contributed by atoms with Gasteiger partial charge in [-0.1, -0.05) is 13.0 Å². The van der Waals surface area contributed by atoms with E-state index in [-0.39, 0.29) is 6.61 Å². The van der Waals surface area contributed by atoms with Crippen molar-refractivity contribution in [3.05, 3.63) is 29.3 Å². The van der Waals surface area contributed by atoms with Gasteiger partial charge in [-0.25, -0.2) is 0 Å². The summed E-state index contributed by atoms with van der Waals surface area (Å²) < 4.78 is 0. The molecule has 3 heteroatoms. The van der Waals surface area contributed by atoms with Crippen LogP contribution in [0.4, 0.5) is 5.69 Å². The summed E-state index contributed by atoms with van der Waals surface area (Å²) in [6.45, 7) is 7.71. The van der Waals surface area contributed by atoms with Crippen LogP contribution >= 0.6 is 0 Å². The van der Waals surface area contributed by atoms with Crippen LogP contribution in [0.1, 0.15) is 37.3 Å². The molecule has 0 amide bonds. The smallest absolute Gasteiger partial charge is 0.0635 e. The van der Waals surface area contributed by atoms with Crippen molar-refractivity contribution in [3.8, 4) is 0 Å². The van der Waals surface area contributed by atoms with Crippen molar-refractivity contribution in [2.45, 2.75) is 45.7 Å². The van der Waals surface area contributed by atoms with E-state index in [2.05, 4.69) is 42.3 Å². The lowest BCUT2D eigenvalue weighted by molar-refractivity contribution is 0.266. The molecule has 0 radical (unpaired) electrons. The van der Waals surface area contributed by atoms with Crippen LogP contribution in [0.15, 0.2) is 18.2 Å². The van der Waals surface area contributed by atoms with E-state index in [0.717, 1.165) is 26.1 Å². The molecule has 1 fully saturated rings. The number of aryl methyl sites for hydroxylation is 1. The van der Waals surface area contributed by atoms with E-state index < -0.39 is 0 Å². The number of nitrogens with zero attached hydrogens (tertiary/aromatic N) is 1. The Morgan fingerprint density at radius 2 is 2.26 bits per heavy atom. The monoisotopic (exact) mass is 262 g/mol. The molecule has 1 saturated heterocycles. The quantitative estimate of drug-likeness (QED) is 0.773. The van der Waals surface area contributed by atoms with Gasteiger partial charge in [0.25, 0.3) is 0 Å². The maximum Gasteiger partial charge on any atom is 0.0635 e. The number of aliphatic hydroxyl groups is 1. The minimum atomic E-state index is 0.263. The normalized spacial score (nSPS) is 19.1. The predicted octanol–water partition coefficient (Wildman–Crippen LogP) is 2.46. The fourth-order valence-corrected chi connectivity index (χ4v) is 2.82. The van der Waals surface area contributed by atoms with Crippen LogP contribution in [0.5, 0.6) is 0 Å². The zero-order valence-electron chi connectivity index (χ0n) is 12.2. The lowest BCUT2D eigenvalue weighted by atomic mass is 10.1. The van der Waals surface area contributed by atoms with Crippen molar-refractivity contribution < 1.29 is 5.11 Å². The van der Waals surface area contributed by atoms with Crippen LogP contribution in [-0.2, 0) is 6.54 Å². The highest BCUT2D eigenvalue weighted by molar-refractivity contribution is 5.52. The first kappa shape index (κ1) is 14.4. The summed E-state index contributed by atoms with van der Waals surface area (Å²) in [6, 6.07) is 6.99. The van der Waals surface area contributed by atoms with E-state index in [1.165, 1.54) is 29.7 Å². The van der Waals surface area contributed by atoms with Crippen molar-refractivity contribution in [3.63, 3.8) is 0 Å². The molecule has 19 heavy (non-hydrogen) atoms. The van der Waals surface area contributed by atoms with Gasteiger partial charge in [-0.05, 0) is 56.0 Å². The van der Waals surface area contributed by atoms with Crippen molar-refractivity contribution in [2.75, 3.05) is 24.6 Å². The molecule has 2 rings (SSSR count). The topological polar surface area (TPSA) is 35.5 Å². The summed E-state index contributed by atoms with van der Waals surface area (Å²) in [4.78, 5) is 2.34. The maximum absolute atomic E-state index is 9.41. The highest BCUT2D eigenvalue weighted by Crippen LogP contribution is 2.27. The Morgan fingerprint density at radius 1 is 1.42 bits per heavy atom. The Labute approximate surface area is 116 Å². The lowest BCUT2D eigenvalue weighted by Crippen LogP contribution is -2.32. The summed E-state index contributed by atoms with van der Waals surface area (Å²) >= 11 is 0. The first-order chi connectivity index (χ1) is 9.26. The van der Waals surface area contributed by atoms with Crippen molar-refractivity contribution in [1.82, 2.24) is 5.32 Å². The van der Waals surface area contributed by atoms with Gasteiger partial charge in [-0.2, -0.15) is 0 Å². The zero-order chi connectivity index (χ0) is 13.7.